The Balaban J connectivity index is 1.43. The van der Waals surface area contributed by atoms with Gasteiger partial charge in [-0.25, -0.2) is 9.37 Å². The summed E-state index contributed by atoms with van der Waals surface area (Å²) in [5.74, 6) is -0.607. The van der Waals surface area contributed by atoms with Crippen molar-refractivity contribution in [2.75, 3.05) is 13.2 Å². The van der Waals surface area contributed by atoms with E-state index in [0.717, 1.165) is 39.6 Å². The van der Waals surface area contributed by atoms with Gasteiger partial charge in [0.05, 0.1) is 23.1 Å². The minimum Gasteiger partial charge on any atom is -0.491 e. The average molecular weight is 469 g/mol. The van der Waals surface area contributed by atoms with Gasteiger partial charge in [0.25, 0.3) is 5.91 Å². The molecule has 1 aromatic heterocycles. The first-order valence-corrected chi connectivity index (χ1v) is 10.6. The molecular formula is C25H19F4N3O2. The first kappa shape index (κ1) is 21.9. The summed E-state index contributed by atoms with van der Waals surface area (Å²) in [6, 6.07) is 13.8. The molecule has 5 rings (SSSR count). The van der Waals surface area contributed by atoms with E-state index in [-0.39, 0.29) is 25.3 Å². The van der Waals surface area contributed by atoms with E-state index in [1.807, 2.05) is 43.3 Å². The Hall–Kier alpha value is -3.88. The number of ether oxygens (including phenoxy) is 1. The van der Waals surface area contributed by atoms with E-state index in [2.05, 4.69) is 9.97 Å². The fourth-order valence-corrected chi connectivity index (χ4v) is 4.12. The minimum atomic E-state index is -4.82. The van der Waals surface area contributed by atoms with Gasteiger partial charge in [-0.1, -0.05) is 12.1 Å². The molecule has 1 aliphatic heterocycles. The number of amides is 1. The van der Waals surface area contributed by atoms with E-state index in [1.165, 1.54) is 4.90 Å². The Morgan fingerprint density at radius 1 is 1.06 bits per heavy atom. The molecule has 0 saturated heterocycles. The topological polar surface area (TPSA) is 58.2 Å². The molecule has 1 aliphatic rings. The Morgan fingerprint density at radius 2 is 1.82 bits per heavy atom. The third kappa shape index (κ3) is 4.09. The number of hydrogen-bond acceptors (Lipinski definition) is 3. The van der Waals surface area contributed by atoms with Gasteiger partial charge in [0.15, 0.2) is 0 Å². The average Bonchev–Trinajstić information content (AvgIpc) is 3.03. The largest absolute Gasteiger partial charge is 0.491 e. The van der Waals surface area contributed by atoms with Gasteiger partial charge in [0, 0.05) is 17.7 Å². The highest BCUT2D eigenvalue weighted by Gasteiger charge is 2.34. The summed E-state index contributed by atoms with van der Waals surface area (Å²) in [6.45, 7) is 2.48. The van der Waals surface area contributed by atoms with Crippen LogP contribution in [0.1, 0.15) is 27.3 Å². The molecule has 0 fully saturated rings. The van der Waals surface area contributed by atoms with Crippen LogP contribution in [0.5, 0.6) is 5.75 Å². The van der Waals surface area contributed by atoms with Gasteiger partial charge in [-0.2, -0.15) is 13.2 Å². The lowest BCUT2D eigenvalue weighted by atomic mass is 10.0. The molecule has 0 spiro atoms. The maximum Gasteiger partial charge on any atom is 0.419 e. The fraction of sp³-hybridized carbons (Fsp3) is 0.200. The third-order valence-corrected chi connectivity index (χ3v) is 5.78. The van der Waals surface area contributed by atoms with Crippen LogP contribution in [0.3, 0.4) is 0 Å². The number of rotatable bonds is 2. The molecule has 4 aromatic rings. The fourth-order valence-electron chi connectivity index (χ4n) is 4.12. The van der Waals surface area contributed by atoms with E-state index in [4.69, 9.17) is 4.74 Å². The first-order chi connectivity index (χ1) is 16.2. The van der Waals surface area contributed by atoms with Crippen molar-refractivity contribution in [2.45, 2.75) is 19.6 Å². The number of carbonyl (C=O) groups is 1. The maximum absolute atomic E-state index is 14.0. The summed E-state index contributed by atoms with van der Waals surface area (Å²) in [5.41, 5.74) is 2.80. The highest BCUT2D eigenvalue weighted by molar-refractivity contribution is 5.94. The summed E-state index contributed by atoms with van der Waals surface area (Å²) in [7, 11) is 0. The molecule has 0 aliphatic carbocycles. The van der Waals surface area contributed by atoms with Crippen LogP contribution in [-0.2, 0) is 12.7 Å². The molecule has 0 unspecified atom stereocenters. The lowest BCUT2D eigenvalue weighted by Crippen LogP contribution is -2.32. The second kappa shape index (κ2) is 8.16. The number of halogens is 4. The molecule has 0 saturated carbocycles. The van der Waals surface area contributed by atoms with Gasteiger partial charge in [-0.15, -0.1) is 0 Å². The number of aromatic nitrogens is 2. The lowest BCUT2D eigenvalue weighted by Gasteiger charge is -2.20. The number of hydrogen-bond donors (Lipinski definition) is 1. The quantitative estimate of drug-likeness (QED) is 0.382. The van der Waals surface area contributed by atoms with Crippen molar-refractivity contribution in [3.05, 3.63) is 82.9 Å². The SMILES string of the molecule is Cc1nc2cc(-c3ccc4c(c3)CN(C(=O)c3ccc(C(F)(F)F)c(F)c3)CCO4)ccc2[nH]1. The van der Waals surface area contributed by atoms with Gasteiger partial charge in [-0.05, 0) is 60.5 Å². The molecule has 0 radical (unpaired) electrons. The number of fused-ring (bicyclic) bond motifs is 2. The van der Waals surface area contributed by atoms with Crippen molar-refractivity contribution in [1.29, 1.82) is 0 Å². The van der Waals surface area contributed by atoms with E-state index in [9.17, 15) is 22.4 Å². The zero-order chi connectivity index (χ0) is 24.0. The van der Waals surface area contributed by atoms with Crippen LogP contribution in [-0.4, -0.2) is 33.9 Å². The van der Waals surface area contributed by atoms with Gasteiger partial charge < -0.3 is 14.6 Å². The summed E-state index contributed by atoms with van der Waals surface area (Å²) >= 11 is 0. The van der Waals surface area contributed by atoms with Crippen molar-refractivity contribution in [3.63, 3.8) is 0 Å². The molecule has 2 heterocycles. The number of benzene rings is 3. The number of alkyl halides is 3. The standard InChI is InChI=1S/C25H19F4N3O2/c1-14-30-21-6-3-16(12-22(21)31-14)15-4-7-23-18(10-15)13-32(8-9-34-23)24(33)17-2-5-19(20(26)11-17)25(27,28)29/h2-7,10-12H,8-9,13H2,1H3,(H,30,31). The zero-order valence-electron chi connectivity index (χ0n) is 18.0. The number of aromatic amines is 1. The molecule has 0 bridgehead atoms. The monoisotopic (exact) mass is 469 g/mol. The summed E-state index contributed by atoms with van der Waals surface area (Å²) in [5, 5.41) is 0. The molecule has 5 nitrogen and oxygen atoms in total. The van der Waals surface area contributed by atoms with Crippen molar-refractivity contribution in [1.82, 2.24) is 14.9 Å². The van der Waals surface area contributed by atoms with Gasteiger partial charge >= 0.3 is 6.18 Å². The van der Waals surface area contributed by atoms with E-state index >= 15 is 0 Å². The molecular weight excluding hydrogens is 450 g/mol. The van der Waals surface area contributed by atoms with Gasteiger partial charge in [-0.3, -0.25) is 4.79 Å². The van der Waals surface area contributed by atoms with Crippen LogP contribution in [0, 0.1) is 12.7 Å². The molecule has 34 heavy (non-hydrogen) atoms. The van der Waals surface area contributed by atoms with Crippen LogP contribution in [0.2, 0.25) is 0 Å². The van der Waals surface area contributed by atoms with Crippen LogP contribution < -0.4 is 4.74 Å². The van der Waals surface area contributed by atoms with Crippen molar-refractivity contribution in [2.24, 2.45) is 0 Å². The van der Waals surface area contributed by atoms with E-state index in [1.54, 1.807) is 0 Å². The van der Waals surface area contributed by atoms with E-state index in [0.29, 0.717) is 17.9 Å². The number of nitrogens with zero attached hydrogens (tertiary/aromatic N) is 2. The first-order valence-electron chi connectivity index (χ1n) is 10.6. The molecule has 0 atom stereocenters. The number of aryl methyl sites for hydroxylation is 1. The summed E-state index contributed by atoms with van der Waals surface area (Å²) < 4.78 is 58.4. The molecule has 1 amide bonds. The number of carbonyl (C=O) groups excluding carboxylic acids is 1. The lowest BCUT2D eigenvalue weighted by molar-refractivity contribution is -0.140. The zero-order valence-corrected chi connectivity index (χ0v) is 18.0. The van der Waals surface area contributed by atoms with Crippen LogP contribution >= 0.6 is 0 Å². The highest BCUT2D eigenvalue weighted by Crippen LogP contribution is 2.33. The molecule has 174 valence electrons. The minimum absolute atomic E-state index is 0.149. The van der Waals surface area contributed by atoms with Crippen LogP contribution in [0.15, 0.2) is 54.6 Å². The second-order valence-corrected chi connectivity index (χ2v) is 8.14. The molecule has 3 aromatic carbocycles. The summed E-state index contributed by atoms with van der Waals surface area (Å²) in [6.07, 6.45) is -4.82. The second-order valence-electron chi connectivity index (χ2n) is 8.14. The van der Waals surface area contributed by atoms with Crippen LogP contribution in [0.25, 0.3) is 22.2 Å². The summed E-state index contributed by atoms with van der Waals surface area (Å²) in [4.78, 5) is 22.1. The number of imidazole rings is 1. The molecule has 9 heteroatoms. The Bertz CT molecular complexity index is 1410. The van der Waals surface area contributed by atoms with Crippen molar-refractivity contribution < 1.29 is 27.1 Å². The van der Waals surface area contributed by atoms with Gasteiger partial charge in [0.2, 0.25) is 0 Å². The Morgan fingerprint density at radius 3 is 2.59 bits per heavy atom. The maximum atomic E-state index is 14.0. The molecule has 1 N–H and O–H groups in total. The van der Waals surface area contributed by atoms with Crippen molar-refractivity contribution >= 4 is 16.9 Å². The third-order valence-electron chi connectivity index (χ3n) is 5.78. The highest BCUT2D eigenvalue weighted by atomic mass is 19.4. The Labute approximate surface area is 192 Å². The smallest absolute Gasteiger partial charge is 0.419 e. The van der Waals surface area contributed by atoms with Crippen LogP contribution in [0.4, 0.5) is 17.6 Å². The number of nitrogens with one attached hydrogen (secondary N) is 1. The van der Waals surface area contributed by atoms with E-state index < -0.39 is 23.5 Å². The normalized spacial score (nSPS) is 14.0. The predicted molar refractivity (Wildman–Crippen MR) is 118 cm³/mol. The Kier molecular flexibility index (Phi) is 5.27. The van der Waals surface area contributed by atoms with Crippen molar-refractivity contribution in [3.8, 4) is 16.9 Å². The number of H-pyrrole nitrogens is 1. The van der Waals surface area contributed by atoms with Gasteiger partial charge in [0.1, 0.15) is 24.0 Å². The predicted octanol–water partition coefficient (Wildman–Crippen LogP) is 5.73.